The van der Waals surface area contributed by atoms with Gasteiger partial charge in [0.15, 0.2) is 0 Å². The van der Waals surface area contributed by atoms with Crippen molar-refractivity contribution in [3.63, 3.8) is 0 Å². The Labute approximate surface area is 71.2 Å². The van der Waals surface area contributed by atoms with Crippen LogP contribution in [0, 0.1) is 5.92 Å². The van der Waals surface area contributed by atoms with Crippen LogP contribution in [0.25, 0.3) is 0 Å². The molecule has 1 rings (SSSR count). The van der Waals surface area contributed by atoms with E-state index in [0.717, 1.165) is 0 Å². The molecule has 0 aromatic heterocycles. The molecule has 1 aliphatic rings. The summed E-state index contributed by atoms with van der Waals surface area (Å²) in [5, 5.41) is 8.69. The Bertz CT molecular complexity index is 234. The zero-order chi connectivity index (χ0) is 9.52. The smallest absolute Gasteiger partial charge is 0.316 e. The first-order valence-electron chi connectivity index (χ1n) is 3.87. The maximum atomic E-state index is 11.3. The minimum atomic E-state index is -1.02. The summed E-state index contributed by atoms with van der Waals surface area (Å²) in [7, 11) is 1.64. The van der Waals surface area contributed by atoms with Gasteiger partial charge in [0.2, 0.25) is 5.91 Å². The van der Waals surface area contributed by atoms with Gasteiger partial charge in [-0.3, -0.25) is 9.59 Å². The fourth-order valence-corrected chi connectivity index (χ4v) is 1.45. The maximum Gasteiger partial charge on any atom is 0.316 e. The molecule has 0 spiro atoms. The fraction of sp³-hybridized carbons (Fsp3) is 0.750. The van der Waals surface area contributed by atoms with E-state index in [-0.39, 0.29) is 11.4 Å². The Morgan fingerprint density at radius 3 is 2.33 bits per heavy atom. The highest BCUT2D eigenvalue weighted by Crippen LogP contribution is 2.32. The van der Waals surface area contributed by atoms with Crippen molar-refractivity contribution in [2.75, 3.05) is 7.05 Å². The minimum Gasteiger partial charge on any atom is -0.481 e. The third-order valence-corrected chi connectivity index (χ3v) is 2.54. The molecule has 0 aromatic carbocycles. The summed E-state index contributed by atoms with van der Waals surface area (Å²) in [6.45, 7) is 3.74. The van der Waals surface area contributed by atoms with Crippen molar-refractivity contribution in [3.8, 4) is 0 Å². The molecule has 1 amide bonds. The molecule has 4 nitrogen and oxygen atoms in total. The first kappa shape index (κ1) is 9.03. The predicted molar refractivity (Wildman–Crippen MR) is 42.6 cm³/mol. The zero-order valence-electron chi connectivity index (χ0n) is 7.50. The Kier molecular flexibility index (Phi) is 1.86. The van der Waals surface area contributed by atoms with E-state index in [4.69, 9.17) is 5.11 Å². The average molecular weight is 171 g/mol. The standard InChI is InChI=1S/C8H13NO3/c1-8(2)4-5(7(11)12)6(10)9(8)3/h5H,4H2,1-3H3,(H,11,12)/t5-/m0/s1. The number of carboxylic acids is 1. The SMILES string of the molecule is CN1C(=O)[C@@H](C(=O)O)CC1(C)C. The molecule has 12 heavy (non-hydrogen) atoms. The topological polar surface area (TPSA) is 57.6 Å². The second-order valence-electron chi connectivity index (χ2n) is 3.80. The third kappa shape index (κ3) is 1.17. The number of nitrogens with zero attached hydrogens (tertiary/aromatic N) is 1. The highest BCUT2D eigenvalue weighted by Gasteiger charge is 2.46. The number of rotatable bonds is 1. The first-order valence-corrected chi connectivity index (χ1v) is 3.87. The van der Waals surface area contributed by atoms with Crippen molar-refractivity contribution in [2.24, 2.45) is 5.92 Å². The summed E-state index contributed by atoms with van der Waals surface area (Å²) in [5.41, 5.74) is -0.319. The van der Waals surface area contributed by atoms with Gasteiger partial charge in [-0.2, -0.15) is 0 Å². The largest absolute Gasteiger partial charge is 0.481 e. The second-order valence-corrected chi connectivity index (χ2v) is 3.80. The van der Waals surface area contributed by atoms with E-state index in [1.54, 1.807) is 7.05 Å². The Morgan fingerprint density at radius 2 is 2.17 bits per heavy atom. The summed E-state index contributed by atoms with van der Waals surface area (Å²) in [6.07, 6.45) is 0.400. The lowest BCUT2D eigenvalue weighted by Crippen LogP contribution is -2.37. The number of hydrogen-bond acceptors (Lipinski definition) is 2. The van der Waals surface area contributed by atoms with Crippen molar-refractivity contribution in [3.05, 3.63) is 0 Å². The number of aliphatic carboxylic acids is 1. The average Bonchev–Trinajstić information content (AvgIpc) is 2.14. The molecule has 0 aromatic rings. The molecule has 1 atom stereocenters. The van der Waals surface area contributed by atoms with E-state index in [2.05, 4.69) is 0 Å². The van der Waals surface area contributed by atoms with Crippen LogP contribution in [-0.4, -0.2) is 34.5 Å². The molecule has 4 heteroatoms. The van der Waals surface area contributed by atoms with Gasteiger partial charge in [0.1, 0.15) is 5.92 Å². The molecule has 1 aliphatic heterocycles. The van der Waals surface area contributed by atoms with Crippen LogP contribution in [0.5, 0.6) is 0 Å². The van der Waals surface area contributed by atoms with Gasteiger partial charge in [0.05, 0.1) is 0 Å². The van der Waals surface area contributed by atoms with Gasteiger partial charge in [-0.25, -0.2) is 0 Å². The summed E-state index contributed by atoms with van der Waals surface area (Å²) >= 11 is 0. The monoisotopic (exact) mass is 171 g/mol. The maximum absolute atomic E-state index is 11.3. The van der Waals surface area contributed by atoms with E-state index in [1.807, 2.05) is 13.8 Å². The third-order valence-electron chi connectivity index (χ3n) is 2.54. The number of amides is 1. The lowest BCUT2D eigenvalue weighted by molar-refractivity contribution is -0.147. The molecule has 0 bridgehead atoms. The first-order chi connectivity index (χ1) is 5.36. The van der Waals surface area contributed by atoms with Crippen LogP contribution in [0.15, 0.2) is 0 Å². The van der Waals surface area contributed by atoms with E-state index in [9.17, 15) is 9.59 Å². The fourth-order valence-electron chi connectivity index (χ4n) is 1.45. The summed E-state index contributed by atoms with van der Waals surface area (Å²) in [6, 6.07) is 0. The van der Waals surface area contributed by atoms with Crippen LogP contribution in [0.4, 0.5) is 0 Å². The molecular formula is C8H13NO3. The lowest BCUT2D eigenvalue weighted by Gasteiger charge is -2.26. The van der Waals surface area contributed by atoms with Crippen molar-refractivity contribution < 1.29 is 14.7 Å². The van der Waals surface area contributed by atoms with Crippen molar-refractivity contribution in [1.29, 1.82) is 0 Å². The molecule has 68 valence electrons. The van der Waals surface area contributed by atoms with Gasteiger partial charge in [0, 0.05) is 12.6 Å². The predicted octanol–water partition coefficient (Wildman–Crippen LogP) is 0.328. The number of likely N-dealkylation sites (tertiary alicyclic amines) is 1. The molecule has 0 aliphatic carbocycles. The van der Waals surface area contributed by atoms with E-state index in [1.165, 1.54) is 4.90 Å². The number of carboxylic acid groups (broad SMARTS) is 1. The van der Waals surface area contributed by atoms with E-state index in [0.29, 0.717) is 6.42 Å². The van der Waals surface area contributed by atoms with E-state index < -0.39 is 11.9 Å². The Hall–Kier alpha value is -1.06. The van der Waals surface area contributed by atoms with E-state index >= 15 is 0 Å². The number of hydrogen-bond donors (Lipinski definition) is 1. The van der Waals surface area contributed by atoms with Crippen molar-refractivity contribution in [2.45, 2.75) is 25.8 Å². The highest BCUT2D eigenvalue weighted by atomic mass is 16.4. The lowest BCUT2D eigenvalue weighted by atomic mass is 9.97. The number of carbonyl (C=O) groups excluding carboxylic acids is 1. The second kappa shape index (κ2) is 2.47. The highest BCUT2D eigenvalue weighted by molar-refractivity contribution is 5.99. The van der Waals surface area contributed by atoms with Gasteiger partial charge < -0.3 is 10.0 Å². The van der Waals surface area contributed by atoms with Crippen molar-refractivity contribution >= 4 is 11.9 Å². The summed E-state index contributed by atoms with van der Waals surface area (Å²) in [5.74, 6) is -2.14. The van der Waals surface area contributed by atoms with Gasteiger partial charge in [-0.05, 0) is 20.3 Å². The van der Waals surface area contributed by atoms with Gasteiger partial charge in [0.25, 0.3) is 0 Å². The van der Waals surface area contributed by atoms with Crippen LogP contribution in [0.1, 0.15) is 20.3 Å². The molecule has 1 heterocycles. The minimum absolute atomic E-state index is 0.285. The normalized spacial score (nSPS) is 27.8. The van der Waals surface area contributed by atoms with Gasteiger partial charge in [-0.15, -0.1) is 0 Å². The molecule has 0 saturated carbocycles. The van der Waals surface area contributed by atoms with Crippen LogP contribution >= 0.6 is 0 Å². The molecule has 1 saturated heterocycles. The molecule has 1 fully saturated rings. The molecular weight excluding hydrogens is 158 g/mol. The molecule has 0 radical (unpaired) electrons. The van der Waals surface area contributed by atoms with Crippen LogP contribution in [0.3, 0.4) is 0 Å². The van der Waals surface area contributed by atoms with Crippen LogP contribution < -0.4 is 0 Å². The summed E-state index contributed by atoms with van der Waals surface area (Å²) in [4.78, 5) is 23.4. The van der Waals surface area contributed by atoms with Gasteiger partial charge in [-0.1, -0.05) is 0 Å². The van der Waals surface area contributed by atoms with Gasteiger partial charge >= 0.3 is 5.97 Å². The molecule has 0 unspecified atom stereocenters. The molecule has 1 N–H and O–H groups in total. The Morgan fingerprint density at radius 1 is 1.67 bits per heavy atom. The summed E-state index contributed by atoms with van der Waals surface area (Å²) < 4.78 is 0. The zero-order valence-corrected chi connectivity index (χ0v) is 7.50. The van der Waals surface area contributed by atoms with Crippen LogP contribution in [-0.2, 0) is 9.59 Å². The Balaban J connectivity index is 2.89. The van der Waals surface area contributed by atoms with Crippen LogP contribution in [0.2, 0.25) is 0 Å². The quantitative estimate of drug-likeness (QED) is 0.578. The number of carbonyl (C=O) groups is 2. The van der Waals surface area contributed by atoms with Crippen molar-refractivity contribution in [1.82, 2.24) is 4.90 Å².